The fourth-order valence-corrected chi connectivity index (χ4v) is 2.05. The van der Waals surface area contributed by atoms with Crippen LogP contribution in [0.4, 0.5) is 0 Å². The van der Waals surface area contributed by atoms with E-state index in [1.165, 1.54) is 25.7 Å². The molecule has 0 nitrogen and oxygen atoms in total. The molecule has 17 heavy (non-hydrogen) atoms. The van der Waals surface area contributed by atoms with Crippen LogP contribution in [0.1, 0.15) is 59.3 Å². The summed E-state index contributed by atoms with van der Waals surface area (Å²) in [5.41, 5.74) is 0. The summed E-state index contributed by atoms with van der Waals surface area (Å²) >= 11 is 1.82. The van der Waals surface area contributed by atoms with Crippen molar-refractivity contribution in [2.45, 2.75) is 64.5 Å². The normalized spacial score (nSPS) is 15.8. The van der Waals surface area contributed by atoms with Crippen molar-refractivity contribution >= 4 is 11.8 Å². The highest BCUT2D eigenvalue weighted by molar-refractivity contribution is 7.99. The average Bonchev–Trinajstić information content (AvgIpc) is 2.29. The lowest BCUT2D eigenvalue weighted by atomic mass is 9.94. The van der Waals surface area contributed by atoms with E-state index in [2.05, 4.69) is 45.8 Å². The summed E-state index contributed by atoms with van der Waals surface area (Å²) < 4.78 is 0. The Morgan fingerprint density at radius 3 is 2.29 bits per heavy atom. The second-order valence-electron chi connectivity index (χ2n) is 5.19. The largest absolute Gasteiger partial charge is 0.149 e. The lowest BCUT2D eigenvalue weighted by Crippen LogP contribution is -1.98. The lowest BCUT2D eigenvalue weighted by Gasteiger charge is -2.11. The molecule has 0 saturated carbocycles. The molecule has 0 aromatic heterocycles. The highest BCUT2D eigenvalue weighted by Crippen LogP contribution is 2.17. The third-order valence-corrected chi connectivity index (χ3v) is 4.03. The quantitative estimate of drug-likeness (QED) is 0.537. The summed E-state index contributed by atoms with van der Waals surface area (Å²) in [4.78, 5) is 0. The fraction of sp³-hybridized carbons (Fsp3) is 0.812. The van der Waals surface area contributed by atoms with Crippen molar-refractivity contribution in [1.29, 1.82) is 0 Å². The molecule has 0 bridgehead atoms. The van der Waals surface area contributed by atoms with E-state index in [1.54, 1.807) is 0 Å². The lowest BCUT2D eigenvalue weighted by molar-refractivity contribution is 0.429. The van der Waals surface area contributed by atoms with Gasteiger partial charge in [-0.05, 0) is 31.4 Å². The van der Waals surface area contributed by atoms with Gasteiger partial charge in [0.05, 0.1) is 5.25 Å². The summed E-state index contributed by atoms with van der Waals surface area (Å²) in [6.45, 7) is 10.8. The zero-order valence-corrected chi connectivity index (χ0v) is 12.9. The van der Waals surface area contributed by atoms with E-state index in [0.29, 0.717) is 5.25 Å². The van der Waals surface area contributed by atoms with Gasteiger partial charge in [-0.15, -0.1) is 17.7 Å². The summed E-state index contributed by atoms with van der Waals surface area (Å²) in [7, 11) is 0. The highest BCUT2D eigenvalue weighted by atomic mass is 32.2. The molecule has 0 rings (SSSR count). The fourth-order valence-electron chi connectivity index (χ4n) is 1.85. The number of hydrogen-bond donors (Lipinski definition) is 0. The van der Waals surface area contributed by atoms with Gasteiger partial charge in [0.15, 0.2) is 0 Å². The van der Waals surface area contributed by atoms with Gasteiger partial charge in [-0.3, -0.25) is 0 Å². The number of thioether (sulfide) groups is 1. The van der Waals surface area contributed by atoms with E-state index in [-0.39, 0.29) is 0 Å². The van der Waals surface area contributed by atoms with E-state index in [4.69, 9.17) is 0 Å². The molecule has 3 unspecified atom stereocenters. The van der Waals surface area contributed by atoms with E-state index in [1.807, 2.05) is 11.8 Å². The molecule has 0 aromatic carbocycles. The molecule has 0 heterocycles. The molecule has 0 amide bonds. The van der Waals surface area contributed by atoms with Gasteiger partial charge < -0.3 is 0 Å². The van der Waals surface area contributed by atoms with Gasteiger partial charge >= 0.3 is 0 Å². The molecule has 1 heteroatoms. The Morgan fingerprint density at radius 2 is 1.71 bits per heavy atom. The molecule has 0 N–H and O–H groups in total. The average molecular weight is 253 g/mol. The SMILES string of the molecule is [CH2]CCC(C)CCCC(C)CC#CC(C)SC. The topological polar surface area (TPSA) is 0 Å². The van der Waals surface area contributed by atoms with Gasteiger partial charge in [0.1, 0.15) is 0 Å². The van der Waals surface area contributed by atoms with Gasteiger partial charge in [0, 0.05) is 6.42 Å². The van der Waals surface area contributed by atoms with Crippen LogP contribution in [0.15, 0.2) is 0 Å². The molecule has 0 spiro atoms. The first kappa shape index (κ1) is 16.9. The molecule has 1 radical (unpaired) electrons. The van der Waals surface area contributed by atoms with Gasteiger partial charge in [-0.2, -0.15) is 0 Å². The molecule has 0 saturated heterocycles. The van der Waals surface area contributed by atoms with Gasteiger partial charge in [0.2, 0.25) is 0 Å². The molecule has 3 atom stereocenters. The first-order chi connectivity index (χ1) is 8.10. The molecule has 0 fully saturated rings. The maximum absolute atomic E-state index is 3.91. The minimum Gasteiger partial charge on any atom is -0.149 e. The zero-order valence-electron chi connectivity index (χ0n) is 12.1. The maximum Gasteiger partial charge on any atom is 0.0626 e. The second-order valence-corrected chi connectivity index (χ2v) is 6.37. The van der Waals surface area contributed by atoms with Crippen LogP contribution < -0.4 is 0 Å². The third kappa shape index (κ3) is 10.8. The Kier molecular flexibility index (Phi) is 11.0. The van der Waals surface area contributed by atoms with Crippen molar-refractivity contribution in [3.63, 3.8) is 0 Å². The van der Waals surface area contributed by atoms with Crippen LogP contribution >= 0.6 is 11.8 Å². The van der Waals surface area contributed by atoms with E-state index in [0.717, 1.165) is 24.7 Å². The van der Waals surface area contributed by atoms with Crippen LogP contribution in [0.3, 0.4) is 0 Å². The molecule has 0 aromatic rings. The molecule has 0 aliphatic rings. The number of rotatable bonds is 8. The Bertz CT molecular complexity index is 223. The summed E-state index contributed by atoms with van der Waals surface area (Å²) in [6.07, 6.45) is 9.57. The Hall–Kier alpha value is -0.0900. The predicted octanol–water partition coefficient (Wildman–Crippen LogP) is 5.19. The van der Waals surface area contributed by atoms with Crippen LogP contribution in [0.25, 0.3) is 0 Å². The summed E-state index contributed by atoms with van der Waals surface area (Å²) in [5, 5.41) is 0.485. The summed E-state index contributed by atoms with van der Waals surface area (Å²) in [6, 6.07) is 0. The number of hydrogen-bond acceptors (Lipinski definition) is 1. The Balaban J connectivity index is 3.58. The zero-order chi connectivity index (χ0) is 13.1. The molecule has 99 valence electrons. The predicted molar refractivity (Wildman–Crippen MR) is 82.1 cm³/mol. The van der Waals surface area contributed by atoms with E-state index >= 15 is 0 Å². The molecule has 0 aliphatic carbocycles. The van der Waals surface area contributed by atoms with Crippen molar-refractivity contribution in [3.05, 3.63) is 6.92 Å². The van der Waals surface area contributed by atoms with Crippen LogP contribution in [0, 0.1) is 30.6 Å². The van der Waals surface area contributed by atoms with Crippen molar-refractivity contribution in [3.8, 4) is 11.8 Å². The first-order valence-electron chi connectivity index (χ1n) is 6.90. The van der Waals surface area contributed by atoms with E-state index < -0.39 is 0 Å². The van der Waals surface area contributed by atoms with Crippen LogP contribution in [0.2, 0.25) is 0 Å². The third-order valence-electron chi connectivity index (χ3n) is 3.20. The van der Waals surface area contributed by atoms with Crippen molar-refractivity contribution in [1.82, 2.24) is 0 Å². The van der Waals surface area contributed by atoms with Crippen LogP contribution in [-0.4, -0.2) is 11.5 Å². The van der Waals surface area contributed by atoms with Gasteiger partial charge in [-0.1, -0.05) is 52.4 Å². The molecule has 0 aliphatic heterocycles. The molecular formula is C16H29S. The minimum absolute atomic E-state index is 0.485. The van der Waals surface area contributed by atoms with Crippen LogP contribution in [0.5, 0.6) is 0 Å². The smallest absolute Gasteiger partial charge is 0.0626 e. The second kappa shape index (κ2) is 11.0. The van der Waals surface area contributed by atoms with Crippen molar-refractivity contribution in [2.24, 2.45) is 11.8 Å². The van der Waals surface area contributed by atoms with Crippen molar-refractivity contribution in [2.75, 3.05) is 6.26 Å². The first-order valence-corrected chi connectivity index (χ1v) is 8.19. The highest BCUT2D eigenvalue weighted by Gasteiger charge is 2.04. The minimum atomic E-state index is 0.485. The van der Waals surface area contributed by atoms with Crippen molar-refractivity contribution < 1.29 is 0 Å². The van der Waals surface area contributed by atoms with E-state index in [9.17, 15) is 0 Å². The Labute approximate surface area is 113 Å². The summed E-state index contributed by atoms with van der Waals surface area (Å²) in [5.74, 6) is 8.21. The monoisotopic (exact) mass is 253 g/mol. The van der Waals surface area contributed by atoms with Crippen LogP contribution in [-0.2, 0) is 0 Å². The van der Waals surface area contributed by atoms with Gasteiger partial charge in [0.25, 0.3) is 0 Å². The Morgan fingerprint density at radius 1 is 1.06 bits per heavy atom. The molecular weight excluding hydrogens is 224 g/mol. The maximum atomic E-state index is 3.91. The standard InChI is InChI=1S/C16H29S/c1-6-9-14(2)10-7-11-15(3)12-8-13-16(4)17-5/h14-16H,1,6-7,9-12H2,2-5H3. The van der Waals surface area contributed by atoms with Gasteiger partial charge in [-0.25, -0.2) is 0 Å².